The number of nitrogens with one attached hydrogen (secondary N) is 2. The Kier molecular flexibility index (Phi) is 6.55. The van der Waals surface area contributed by atoms with Crippen molar-refractivity contribution in [3.05, 3.63) is 71.3 Å². The highest BCUT2D eigenvalue weighted by Crippen LogP contribution is 2.29. The van der Waals surface area contributed by atoms with Crippen molar-refractivity contribution in [3.63, 3.8) is 0 Å². The largest absolute Gasteiger partial charge is 0.355 e. The summed E-state index contributed by atoms with van der Waals surface area (Å²) in [4.78, 5) is 38.7. The molecule has 1 aliphatic heterocycles. The van der Waals surface area contributed by atoms with Crippen LogP contribution in [0.3, 0.4) is 0 Å². The number of amides is 4. The van der Waals surface area contributed by atoms with E-state index in [0.29, 0.717) is 18.0 Å². The van der Waals surface area contributed by atoms with E-state index in [1.54, 1.807) is 6.92 Å². The summed E-state index contributed by atoms with van der Waals surface area (Å²) in [6.45, 7) is 6.08. The van der Waals surface area contributed by atoms with Gasteiger partial charge in [0.25, 0.3) is 5.91 Å². The third-order valence-electron chi connectivity index (χ3n) is 5.54. The van der Waals surface area contributed by atoms with Crippen LogP contribution >= 0.6 is 0 Å². The molecule has 4 amide bonds. The number of rotatable bonds is 8. The summed E-state index contributed by atoms with van der Waals surface area (Å²) in [5.74, 6) is -0.377. The summed E-state index contributed by atoms with van der Waals surface area (Å²) in [7, 11) is 0. The molecule has 3 rings (SSSR count). The molecule has 0 bridgehead atoms. The molecule has 0 radical (unpaired) electrons. The number of benzene rings is 2. The number of aryl methyl sites for hydroxylation is 1. The lowest BCUT2D eigenvalue weighted by atomic mass is 9.90. The van der Waals surface area contributed by atoms with Gasteiger partial charge in [0.2, 0.25) is 5.91 Å². The first-order chi connectivity index (χ1) is 14.3. The van der Waals surface area contributed by atoms with Gasteiger partial charge in [-0.25, -0.2) is 4.79 Å². The molecular weight excluding hydrogens is 378 g/mol. The number of carbonyl (C=O) groups excluding carboxylic acids is 3. The maximum atomic E-state index is 13.0. The first kappa shape index (κ1) is 21.6. The standard InChI is InChI=1S/C24H29N3O3/c1-17(2)19-11-13-20(14-12-19)24(3)22(29)27(23(30)26-24)16-21(28)25-15-7-10-18-8-5-4-6-9-18/h4-6,8-9,11-14,17H,7,10,15-16H2,1-3H3,(H,25,28)(H,26,30)/t24-/m0/s1. The number of carbonyl (C=O) groups is 3. The highest BCUT2D eigenvalue weighted by Gasteiger charge is 2.49. The molecule has 1 saturated heterocycles. The molecule has 1 fully saturated rings. The third-order valence-corrected chi connectivity index (χ3v) is 5.54. The Hall–Kier alpha value is -3.15. The van der Waals surface area contributed by atoms with Gasteiger partial charge in [-0.05, 0) is 42.4 Å². The van der Waals surface area contributed by atoms with E-state index >= 15 is 0 Å². The molecule has 1 heterocycles. The molecule has 158 valence electrons. The summed E-state index contributed by atoms with van der Waals surface area (Å²) in [6.07, 6.45) is 1.64. The Bertz CT molecular complexity index is 909. The zero-order chi connectivity index (χ0) is 21.7. The lowest BCUT2D eigenvalue weighted by molar-refractivity contribution is -0.134. The Morgan fingerprint density at radius 2 is 1.73 bits per heavy atom. The van der Waals surface area contributed by atoms with Crippen molar-refractivity contribution in [1.29, 1.82) is 0 Å². The third kappa shape index (κ3) is 4.70. The topological polar surface area (TPSA) is 78.5 Å². The van der Waals surface area contributed by atoms with Crippen molar-refractivity contribution in [1.82, 2.24) is 15.5 Å². The van der Waals surface area contributed by atoms with E-state index in [-0.39, 0.29) is 12.5 Å². The van der Waals surface area contributed by atoms with Gasteiger partial charge in [0.15, 0.2) is 0 Å². The van der Waals surface area contributed by atoms with E-state index in [0.717, 1.165) is 23.3 Å². The first-order valence-electron chi connectivity index (χ1n) is 10.4. The van der Waals surface area contributed by atoms with Crippen LogP contribution < -0.4 is 10.6 Å². The van der Waals surface area contributed by atoms with E-state index in [2.05, 4.69) is 24.5 Å². The fourth-order valence-electron chi connectivity index (χ4n) is 3.60. The van der Waals surface area contributed by atoms with Gasteiger partial charge in [-0.15, -0.1) is 0 Å². The van der Waals surface area contributed by atoms with Crippen LogP contribution in [0.25, 0.3) is 0 Å². The normalized spacial score (nSPS) is 18.6. The van der Waals surface area contributed by atoms with Gasteiger partial charge in [-0.3, -0.25) is 14.5 Å². The average molecular weight is 408 g/mol. The molecule has 0 aliphatic carbocycles. The molecular formula is C24H29N3O3. The summed E-state index contributed by atoms with van der Waals surface area (Å²) in [5.41, 5.74) is 1.90. The van der Waals surface area contributed by atoms with Crippen LogP contribution in [-0.4, -0.2) is 35.8 Å². The molecule has 1 atom stereocenters. The Morgan fingerprint density at radius 1 is 1.07 bits per heavy atom. The minimum Gasteiger partial charge on any atom is -0.355 e. The van der Waals surface area contributed by atoms with Crippen molar-refractivity contribution < 1.29 is 14.4 Å². The van der Waals surface area contributed by atoms with Crippen LogP contribution in [-0.2, 0) is 21.5 Å². The van der Waals surface area contributed by atoms with Gasteiger partial charge in [0, 0.05) is 6.54 Å². The van der Waals surface area contributed by atoms with Crippen molar-refractivity contribution in [2.75, 3.05) is 13.1 Å². The zero-order valence-electron chi connectivity index (χ0n) is 17.8. The predicted octanol–water partition coefficient (Wildman–Crippen LogP) is 3.33. The molecule has 2 N–H and O–H groups in total. The molecule has 6 nitrogen and oxygen atoms in total. The van der Waals surface area contributed by atoms with Crippen LogP contribution in [0.2, 0.25) is 0 Å². The number of urea groups is 1. The van der Waals surface area contributed by atoms with E-state index in [1.165, 1.54) is 5.56 Å². The molecule has 0 aromatic heterocycles. The van der Waals surface area contributed by atoms with Gasteiger partial charge in [0.1, 0.15) is 12.1 Å². The van der Waals surface area contributed by atoms with Crippen LogP contribution in [0.4, 0.5) is 4.79 Å². The second kappa shape index (κ2) is 9.11. The molecule has 0 unspecified atom stereocenters. The van der Waals surface area contributed by atoms with Crippen molar-refractivity contribution in [2.24, 2.45) is 0 Å². The van der Waals surface area contributed by atoms with E-state index < -0.39 is 17.5 Å². The Balaban J connectivity index is 1.55. The lowest BCUT2D eigenvalue weighted by Gasteiger charge is -2.22. The highest BCUT2D eigenvalue weighted by molar-refractivity contribution is 6.09. The fourth-order valence-corrected chi connectivity index (χ4v) is 3.60. The maximum absolute atomic E-state index is 13.0. The lowest BCUT2D eigenvalue weighted by Crippen LogP contribution is -2.43. The molecule has 1 aliphatic rings. The van der Waals surface area contributed by atoms with Crippen molar-refractivity contribution in [3.8, 4) is 0 Å². The number of nitrogens with zero attached hydrogens (tertiary/aromatic N) is 1. The zero-order valence-corrected chi connectivity index (χ0v) is 17.8. The van der Waals surface area contributed by atoms with Crippen LogP contribution in [0, 0.1) is 0 Å². The number of hydrogen-bond acceptors (Lipinski definition) is 3. The second-order valence-corrected chi connectivity index (χ2v) is 8.16. The Morgan fingerprint density at radius 3 is 2.37 bits per heavy atom. The summed E-state index contributed by atoms with van der Waals surface area (Å²) >= 11 is 0. The van der Waals surface area contributed by atoms with Gasteiger partial charge in [0.05, 0.1) is 0 Å². The van der Waals surface area contributed by atoms with Crippen LogP contribution in [0.15, 0.2) is 54.6 Å². The first-order valence-corrected chi connectivity index (χ1v) is 10.4. The minimum absolute atomic E-state index is 0.282. The Labute approximate surface area is 177 Å². The average Bonchev–Trinajstić information content (AvgIpc) is 2.96. The van der Waals surface area contributed by atoms with E-state index in [9.17, 15) is 14.4 Å². The highest BCUT2D eigenvalue weighted by atomic mass is 16.2. The number of hydrogen-bond donors (Lipinski definition) is 2. The SMILES string of the molecule is CC(C)c1ccc([C@]2(C)NC(=O)N(CC(=O)NCCCc3ccccc3)C2=O)cc1. The van der Waals surface area contributed by atoms with Crippen LogP contribution in [0.5, 0.6) is 0 Å². The number of imide groups is 1. The molecule has 6 heteroatoms. The quantitative estimate of drug-likeness (QED) is 0.520. The summed E-state index contributed by atoms with van der Waals surface area (Å²) < 4.78 is 0. The smallest absolute Gasteiger partial charge is 0.325 e. The van der Waals surface area contributed by atoms with Gasteiger partial charge in [-0.2, -0.15) is 0 Å². The van der Waals surface area contributed by atoms with E-state index in [4.69, 9.17) is 0 Å². The molecule has 0 spiro atoms. The second-order valence-electron chi connectivity index (χ2n) is 8.16. The fraction of sp³-hybridized carbons (Fsp3) is 0.375. The summed E-state index contributed by atoms with van der Waals surface area (Å²) in [6, 6.07) is 17.1. The van der Waals surface area contributed by atoms with E-state index in [1.807, 2.05) is 54.6 Å². The van der Waals surface area contributed by atoms with Gasteiger partial charge in [-0.1, -0.05) is 68.4 Å². The molecule has 30 heavy (non-hydrogen) atoms. The summed E-state index contributed by atoms with van der Waals surface area (Å²) in [5, 5.41) is 5.54. The predicted molar refractivity (Wildman–Crippen MR) is 116 cm³/mol. The van der Waals surface area contributed by atoms with Crippen molar-refractivity contribution in [2.45, 2.75) is 45.1 Å². The maximum Gasteiger partial charge on any atom is 0.325 e. The monoisotopic (exact) mass is 407 g/mol. The molecule has 2 aromatic carbocycles. The van der Waals surface area contributed by atoms with Gasteiger partial charge >= 0.3 is 6.03 Å². The molecule has 2 aromatic rings. The minimum atomic E-state index is -1.17. The van der Waals surface area contributed by atoms with Crippen LogP contribution in [0.1, 0.15) is 49.8 Å². The van der Waals surface area contributed by atoms with Gasteiger partial charge < -0.3 is 10.6 Å². The van der Waals surface area contributed by atoms with Crippen molar-refractivity contribution >= 4 is 17.8 Å². The molecule has 0 saturated carbocycles.